The fourth-order valence-electron chi connectivity index (χ4n) is 5.33. The maximum Gasteiger partial charge on any atom is 0.248 e. The van der Waals surface area contributed by atoms with Gasteiger partial charge in [0.1, 0.15) is 11.9 Å². The molecule has 0 spiro atoms. The molecule has 1 aliphatic rings. The van der Waals surface area contributed by atoms with E-state index in [-0.39, 0.29) is 11.4 Å². The molecule has 5 aromatic rings. The molecule has 0 radical (unpaired) electrons. The van der Waals surface area contributed by atoms with Gasteiger partial charge in [-0.25, -0.2) is 15.0 Å². The van der Waals surface area contributed by atoms with Gasteiger partial charge in [-0.3, -0.25) is 9.69 Å². The number of H-pyrrole nitrogens is 1. The number of hydrogen-bond acceptors (Lipinski definition) is 7. The van der Waals surface area contributed by atoms with Crippen LogP contribution in [0, 0.1) is 11.3 Å². The molecule has 1 fully saturated rings. The van der Waals surface area contributed by atoms with Crippen molar-refractivity contribution < 1.29 is 0 Å². The monoisotopic (exact) mass is 527 g/mol. The average Bonchev–Trinajstić information content (AvgIpc) is 2.98. The molecule has 0 amide bonds. The summed E-state index contributed by atoms with van der Waals surface area (Å²) in [5, 5.41) is 9.12. The van der Waals surface area contributed by atoms with Crippen molar-refractivity contribution in [2.75, 3.05) is 31.1 Å². The van der Waals surface area contributed by atoms with Crippen LogP contribution in [0.2, 0.25) is 0 Å². The third-order valence-electron chi connectivity index (χ3n) is 7.29. The van der Waals surface area contributed by atoms with E-state index in [9.17, 15) is 4.79 Å². The molecule has 8 nitrogen and oxygen atoms in total. The number of fused-ring (bicyclic) bond motifs is 1. The molecular weight excluding hydrogens is 498 g/mol. The van der Waals surface area contributed by atoms with Gasteiger partial charge in [-0.1, -0.05) is 54.6 Å². The van der Waals surface area contributed by atoms with Crippen molar-refractivity contribution in [2.45, 2.75) is 19.4 Å². The Balaban J connectivity index is 1.18. The lowest BCUT2D eigenvalue weighted by atomic mass is 9.98. The standard InChI is InChI=1S/C32H29N7O/c33-21-29-34-15-14-30(37-29)39-18-4-16-38(17-5-19-39)22-23-8-10-25(11-9-23)32-26(24-6-2-1-3-7-24)20-28-27(36-32)12-13-31(40)35-28/h1-3,6-15,20H,4-5,16-19,22H2,(H,35,40). The number of aromatic nitrogens is 4. The fourth-order valence-corrected chi connectivity index (χ4v) is 5.33. The lowest BCUT2D eigenvalue weighted by Crippen LogP contribution is -2.36. The van der Waals surface area contributed by atoms with E-state index in [0.717, 1.165) is 84.8 Å². The summed E-state index contributed by atoms with van der Waals surface area (Å²) in [6.45, 7) is 4.69. The van der Waals surface area contributed by atoms with Crippen LogP contribution in [0.3, 0.4) is 0 Å². The molecule has 0 aliphatic carbocycles. The molecule has 8 heteroatoms. The molecule has 1 N–H and O–H groups in total. The van der Waals surface area contributed by atoms with Crippen molar-refractivity contribution in [3.05, 3.63) is 107 Å². The van der Waals surface area contributed by atoms with E-state index in [1.165, 1.54) is 11.6 Å². The van der Waals surface area contributed by atoms with Gasteiger partial charge in [0.2, 0.25) is 11.4 Å². The molecule has 1 aliphatic heterocycles. The molecule has 0 saturated carbocycles. The van der Waals surface area contributed by atoms with Crippen molar-refractivity contribution in [1.29, 1.82) is 5.26 Å². The summed E-state index contributed by atoms with van der Waals surface area (Å²) in [7, 11) is 0. The van der Waals surface area contributed by atoms with Gasteiger partial charge in [-0.05, 0) is 42.2 Å². The van der Waals surface area contributed by atoms with E-state index in [0.29, 0.717) is 0 Å². The molecule has 0 bridgehead atoms. The second kappa shape index (κ2) is 11.5. The number of nitriles is 1. The highest BCUT2D eigenvalue weighted by atomic mass is 16.1. The molecule has 2 aromatic carbocycles. The summed E-state index contributed by atoms with van der Waals surface area (Å²) < 4.78 is 0. The minimum Gasteiger partial charge on any atom is -0.356 e. The fraction of sp³-hybridized carbons (Fsp3) is 0.219. The number of aromatic amines is 1. The van der Waals surface area contributed by atoms with Crippen LogP contribution in [-0.4, -0.2) is 51.0 Å². The van der Waals surface area contributed by atoms with Crippen LogP contribution in [0.1, 0.15) is 24.2 Å². The number of anilines is 1. The molecule has 4 heterocycles. The zero-order chi connectivity index (χ0) is 27.3. The Bertz CT molecular complexity index is 1720. The Kier molecular flexibility index (Phi) is 7.29. The van der Waals surface area contributed by atoms with Crippen LogP contribution in [0.15, 0.2) is 89.9 Å². The van der Waals surface area contributed by atoms with Crippen LogP contribution < -0.4 is 10.5 Å². The summed E-state index contributed by atoms with van der Waals surface area (Å²) in [4.78, 5) is 32.9. The van der Waals surface area contributed by atoms with E-state index in [1.807, 2.05) is 36.4 Å². The van der Waals surface area contributed by atoms with Gasteiger partial charge >= 0.3 is 0 Å². The second-order valence-electron chi connectivity index (χ2n) is 10.0. The van der Waals surface area contributed by atoms with Crippen molar-refractivity contribution in [1.82, 2.24) is 24.8 Å². The normalized spacial score (nSPS) is 14.4. The zero-order valence-corrected chi connectivity index (χ0v) is 22.1. The molecule has 40 heavy (non-hydrogen) atoms. The minimum absolute atomic E-state index is 0.135. The van der Waals surface area contributed by atoms with E-state index < -0.39 is 0 Å². The maximum absolute atomic E-state index is 11.9. The lowest BCUT2D eigenvalue weighted by molar-refractivity contribution is 0.251. The number of pyridine rings is 2. The largest absolute Gasteiger partial charge is 0.356 e. The number of nitrogens with one attached hydrogen (secondary N) is 1. The Morgan fingerprint density at radius 3 is 2.38 bits per heavy atom. The van der Waals surface area contributed by atoms with Gasteiger partial charge in [0, 0.05) is 56.1 Å². The Labute approximate surface area is 232 Å². The molecule has 0 unspecified atom stereocenters. The van der Waals surface area contributed by atoms with Crippen molar-refractivity contribution >= 4 is 16.9 Å². The summed E-state index contributed by atoms with van der Waals surface area (Å²) in [5.41, 5.74) is 6.61. The highest BCUT2D eigenvalue weighted by molar-refractivity contribution is 5.89. The first-order chi connectivity index (χ1) is 19.7. The molecular formula is C32H29N7O. The van der Waals surface area contributed by atoms with E-state index >= 15 is 0 Å². The van der Waals surface area contributed by atoms with Gasteiger partial charge in [0.25, 0.3) is 0 Å². The van der Waals surface area contributed by atoms with Gasteiger partial charge in [-0.2, -0.15) is 5.26 Å². The van der Waals surface area contributed by atoms with Crippen molar-refractivity contribution in [3.63, 3.8) is 0 Å². The first kappa shape index (κ1) is 25.4. The summed E-state index contributed by atoms with van der Waals surface area (Å²) in [6.07, 6.45) is 3.70. The Hall–Kier alpha value is -4.87. The van der Waals surface area contributed by atoms with Gasteiger partial charge in [-0.15, -0.1) is 0 Å². The minimum atomic E-state index is -0.135. The van der Waals surface area contributed by atoms with Gasteiger partial charge in [0.15, 0.2) is 0 Å². The van der Waals surface area contributed by atoms with Crippen molar-refractivity contribution in [2.24, 2.45) is 0 Å². The second-order valence-corrected chi connectivity index (χ2v) is 10.0. The summed E-state index contributed by atoms with van der Waals surface area (Å²) in [6, 6.07) is 28.1. The zero-order valence-electron chi connectivity index (χ0n) is 22.1. The van der Waals surface area contributed by atoms with Crippen LogP contribution in [-0.2, 0) is 6.54 Å². The molecule has 6 rings (SSSR count). The van der Waals surface area contributed by atoms with E-state index in [2.05, 4.69) is 61.1 Å². The smallest absolute Gasteiger partial charge is 0.248 e. The SMILES string of the molecule is N#Cc1nccc(N2CCCN(Cc3ccc(-c4nc5ccc(=O)[nH]c5cc4-c4ccccc4)cc3)CCC2)n1. The number of hydrogen-bond donors (Lipinski definition) is 1. The van der Waals surface area contributed by atoms with Gasteiger partial charge < -0.3 is 9.88 Å². The Morgan fingerprint density at radius 2 is 1.62 bits per heavy atom. The molecule has 0 atom stereocenters. The molecule has 198 valence electrons. The lowest BCUT2D eigenvalue weighted by Gasteiger charge is -2.31. The third kappa shape index (κ3) is 5.60. The topological polar surface area (TPSA) is 102 Å². The van der Waals surface area contributed by atoms with Crippen LogP contribution in [0.25, 0.3) is 33.4 Å². The predicted molar refractivity (Wildman–Crippen MR) is 157 cm³/mol. The molecule has 3 aromatic heterocycles. The number of nitrogens with zero attached hydrogens (tertiary/aromatic N) is 6. The Morgan fingerprint density at radius 1 is 0.850 bits per heavy atom. The van der Waals surface area contributed by atoms with E-state index in [4.69, 9.17) is 10.2 Å². The van der Waals surface area contributed by atoms with E-state index in [1.54, 1.807) is 12.3 Å². The maximum atomic E-state index is 11.9. The summed E-state index contributed by atoms with van der Waals surface area (Å²) in [5.74, 6) is 1.05. The quantitative estimate of drug-likeness (QED) is 0.342. The van der Waals surface area contributed by atoms with Gasteiger partial charge in [0.05, 0.1) is 16.7 Å². The first-order valence-corrected chi connectivity index (χ1v) is 13.6. The number of benzene rings is 2. The predicted octanol–water partition coefficient (Wildman–Crippen LogP) is 5.02. The van der Waals surface area contributed by atoms with Crippen LogP contribution in [0.4, 0.5) is 5.82 Å². The third-order valence-corrected chi connectivity index (χ3v) is 7.29. The number of rotatable bonds is 5. The van der Waals surface area contributed by atoms with Crippen molar-refractivity contribution in [3.8, 4) is 28.5 Å². The highest BCUT2D eigenvalue weighted by Crippen LogP contribution is 2.33. The van der Waals surface area contributed by atoms with Crippen LogP contribution in [0.5, 0.6) is 0 Å². The summed E-state index contributed by atoms with van der Waals surface area (Å²) >= 11 is 0. The van der Waals surface area contributed by atoms with Crippen LogP contribution >= 0.6 is 0 Å². The molecule has 1 saturated heterocycles. The average molecular weight is 528 g/mol. The first-order valence-electron chi connectivity index (χ1n) is 13.6. The highest BCUT2D eigenvalue weighted by Gasteiger charge is 2.16.